The number of aromatic nitrogens is 1. The number of carboxylic acid groups (broad SMARTS) is 4. The number of nitrogens with one attached hydrogen (secondary N) is 3. The molecule has 16 heteroatoms. The second kappa shape index (κ2) is 21.6. The first-order valence-electron chi connectivity index (χ1n) is 12.5. The van der Waals surface area contributed by atoms with E-state index in [9.17, 15) is 19.2 Å². The summed E-state index contributed by atoms with van der Waals surface area (Å²) in [7, 11) is 0. The van der Waals surface area contributed by atoms with Gasteiger partial charge in [0.05, 0.1) is 6.54 Å². The molecule has 17 N–H and O–H groups in total. The summed E-state index contributed by atoms with van der Waals surface area (Å²) in [5.74, 6) is -3.61. The smallest absolute Gasteiger partial charge is 0.320 e. The van der Waals surface area contributed by atoms with Crippen LogP contribution in [-0.4, -0.2) is 86.5 Å². The fourth-order valence-corrected chi connectivity index (χ4v) is 2.90. The minimum Gasteiger partial charge on any atom is -0.480 e. The molecule has 2 rings (SSSR count). The predicted molar refractivity (Wildman–Crippen MR) is 154 cm³/mol. The normalized spacial score (nSPS) is 12.2. The minimum absolute atomic E-state index is 0.112. The van der Waals surface area contributed by atoms with Gasteiger partial charge in [-0.1, -0.05) is 32.0 Å². The molecule has 0 saturated heterocycles. The Bertz CT molecular complexity index is 1090. The quantitative estimate of drug-likeness (QED) is 0.0830. The highest BCUT2D eigenvalue weighted by Crippen LogP contribution is 2.18. The van der Waals surface area contributed by atoms with Gasteiger partial charge in [0.25, 0.3) is 0 Å². The molecule has 0 fully saturated rings. The third-order valence-electron chi connectivity index (χ3n) is 4.97. The maximum Gasteiger partial charge on any atom is 0.320 e. The van der Waals surface area contributed by atoms with Crippen molar-refractivity contribution in [2.45, 2.75) is 57.7 Å². The van der Waals surface area contributed by atoms with Gasteiger partial charge in [-0.25, -0.2) is 0 Å². The van der Waals surface area contributed by atoms with Gasteiger partial charge in [0.15, 0.2) is 5.96 Å². The highest BCUT2D eigenvalue weighted by atomic mass is 16.4. The number of para-hydroxylation sites is 1. The number of nitrogens with two attached hydrogens (primary N) is 5. The lowest BCUT2D eigenvalue weighted by Gasteiger charge is -2.07. The minimum atomic E-state index is -1.00. The summed E-state index contributed by atoms with van der Waals surface area (Å²) in [5.41, 5.74) is 27.4. The summed E-state index contributed by atoms with van der Waals surface area (Å²) in [4.78, 5) is 43.3. The van der Waals surface area contributed by atoms with Gasteiger partial charge >= 0.3 is 23.9 Å². The zero-order valence-electron chi connectivity index (χ0n) is 23.2. The average Bonchev–Trinajstić information content (AvgIpc) is 3.29. The number of carboxylic acids is 4. The number of guanidine groups is 1. The molecule has 0 aliphatic rings. The van der Waals surface area contributed by atoms with E-state index < -0.39 is 42.0 Å². The SMILES string of the molecule is CC(C)CC(N)C(=O)O.N=C(N)NCCCC(N)C(=O)O.NC(Cc1c[nH]c2ccccc12)C(=O)O.NCC(=O)O. The van der Waals surface area contributed by atoms with Gasteiger partial charge in [-0.3, -0.25) is 24.6 Å². The Morgan fingerprint density at radius 2 is 1.44 bits per heavy atom. The Balaban J connectivity index is 0. The Morgan fingerprint density at radius 1 is 0.927 bits per heavy atom. The van der Waals surface area contributed by atoms with Crippen molar-refractivity contribution in [1.82, 2.24) is 10.3 Å². The molecule has 1 aromatic heterocycles. The van der Waals surface area contributed by atoms with Gasteiger partial charge in [-0.2, -0.15) is 0 Å². The highest BCUT2D eigenvalue weighted by molar-refractivity contribution is 5.84. The molecule has 0 bridgehead atoms. The topological polar surface area (TPSA) is 331 Å². The Hall–Kier alpha value is -4.25. The molecule has 1 heterocycles. The molecule has 3 atom stereocenters. The van der Waals surface area contributed by atoms with Crippen LogP contribution in [0.15, 0.2) is 30.5 Å². The largest absolute Gasteiger partial charge is 0.480 e. The van der Waals surface area contributed by atoms with Crippen LogP contribution in [0.2, 0.25) is 0 Å². The Kier molecular flexibility index (Phi) is 20.5. The van der Waals surface area contributed by atoms with E-state index in [1.54, 1.807) is 0 Å². The molecule has 0 aliphatic heterocycles. The zero-order valence-corrected chi connectivity index (χ0v) is 23.2. The summed E-state index contributed by atoms with van der Waals surface area (Å²) in [6.07, 6.45) is 3.69. The number of aliphatic carboxylic acids is 4. The number of hydrogen-bond donors (Lipinski definition) is 12. The number of aromatic amines is 1. The molecule has 0 radical (unpaired) electrons. The van der Waals surface area contributed by atoms with Crippen LogP contribution in [-0.2, 0) is 25.6 Å². The van der Waals surface area contributed by atoms with E-state index in [0.29, 0.717) is 38.1 Å². The summed E-state index contributed by atoms with van der Waals surface area (Å²) in [5, 5.41) is 43.4. The van der Waals surface area contributed by atoms with E-state index in [4.69, 9.17) is 48.8 Å². The molecule has 1 aromatic carbocycles. The molecule has 232 valence electrons. The van der Waals surface area contributed by atoms with Crippen LogP contribution >= 0.6 is 0 Å². The van der Waals surface area contributed by atoms with Crippen LogP contribution in [0.25, 0.3) is 10.9 Å². The van der Waals surface area contributed by atoms with Crippen molar-refractivity contribution >= 4 is 40.7 Å². The monoisotopic (exact) mass is 584 g/mol. The molecule has 0 spiro atoms. The van der Waals surface area contributed by atoms with Gasteiger partial charge in [-0.15, -0.1) is 0 Å². The van der Waals surface area contributed by atoms with Crippen LogP contribution in [0.1, 0.15) is 38.7 Å². The maximum absolute atomic E-state index is 10.6. The first-order chi connectivity index (χ1) is 19.0. The summed E-state index contributed by atoms with van der Waals surface area (Å²) in [6, 6.07) is 5.40. The van der Waals surface area contributed by atoms with E-state index >= 15 is 0 Å². The second-order valence-electron chi connectivity index (χ2n) is 9.11. The first-order valence-corrected chi connectivity index (χ1v) is 12.5. The fourth-order valence-electron chi connectivity index (χ4n) is 2.90. The highest BCUT2D eigenvalue weighted by Gasteiger charge is 2.14. The molecule has 0 amide bonds. The van der Waals surface area contributed by atoms with Crippen molar-refractivity contribution in [1.29, 1.82) is 5.41 Å². The van der Waals surface area contributed by atoms with Crippen molar-refractivity contribution in [2.75, 3.05) is 13.1 Å². The van der Waals surface area contributed by atoms with E-state index in [0.717, 1.165) is 16.5 Å². The summed E-state index contributed by atoms with van der Waals surface area (Å²) < 4.78 is 0. The molecule has 16 nitrogen and oxygen atoms in total. The molecule has 0 aliphatic carbocycles. The van der Waals surface area contributed by atoms with Crippen LogP contribution in [0.3, 0.4) is 0 Å². The first kappa shape index (κ1) is 38.9. The number of carbonyl (C=O) groups is 4. The number of fused-ring (bicyclic) bond motifs is 1. The number of benzene rings is 1. The van der Waals surface area contributed by atoms with Crippen molar-refractivity contribution in [3.8, 4) is 0 Å². The molecule has 3 unspecified atom stereocenters. The molecule has 41 heavy (non-hydrogen) atoms. The van der Waals surface area contributed by atoms with Crippen molar-refractivity contribution in [3.05, 3.63) is 36.0 Å². The maximum atomic E-state index is 10.6. The third kappa shape index (κ3) is 20.3. The lowest BCUT2D eigenvalue weighted by molar-refractivity contribution is -0.139. The average molecular weight is 585 g/mol. The Labute approximate surface area is 237 Å². The number of rotatable bonds is 12. The van der Waals surface area contributed by atoms with Crippen LogP contribution in [0.5, 0.6) is 0 Å². The van der Waals surface area contributed by atoms with Crippen molar-refractivity contribution < 1.29 is 39.6 Å². The van der Waals surface area contributed by atoms with Crippen molar-refractivity contribution in [2.24, 2.45) is 34.6 Å². The van der Waals surface area contributed by atoms with Gasteiger partial charge in [-0.05, 0) is 36.8 Å². The molecular formula is C25H44N8O8. The predicted octanol–water partition coefficient (Wildman–Crippen LogP) is -0.742. The third-order valence-corrected chi connectivity index (χ3v) is 4.97. The number of H-pyrrole nitrogens is 1. The van der Waals surface area contributed by atoms with Crippen LogP contribution in [0, 0.1) is 11.3 Å². The van der Waals surface area contributed by atoms with Gasteiger partial charge in [0.2, 0.25) is 0 Å². The fraction of sp³-hybridized carbons (Fsp3) is 0.480. The molecular weight excluding hydrogens is 540 g/mol. The van der Waals surface area contributed by atoms with E-state index in [-0.39, 0.29) is 12.5 Å². The summed E-state index contributed by atoms with van der Waals surface area (Å²) in [6.45, 7) is 4.10. The van der Waals surface area contributed by atoms with Gasteiger partial charge < -0.3 is 59.4 Å². The standard InChI is InChI=1S/C11H12N2O2.C6H14N4O2.C6H13NO2.C2H5NO2/c12-9(11(14)15)5-7-6-13-10-4-2-1-3-8(7)10;7-4(5(11)12)2-1-3-10-6(8)9;1-4(2)3-5(7)6(8)9;3-1-2(4)5/h1-4,6,9,13H,5,12H2,(H,14,15);4H,1-3,7H2,(H,11,12)(H4,8,9,10);4-5H,3,7H2,1-2H3,(H,8,9);1,3H2,(H,4,5). The van der Waals surface area contributed by atoms with E-state index in [1.165, 1.54) is 0 Å². The number of hydrogen-bond acceptors (Lipinski definition) is 9. The van der Waals surface area contributed by atoms with Crippen molar-refractivity contribution in [3.63, 3.8) is 0 Å². The molecule has 2 aromatic rings. The second-order valence-corrected chi connectivity index (χ2v) is 9.11. The van der Waals surface area contributed by atoms with Gasteiger partial charge in [0, 0.05) is 30.1 Å². The van der Waals surface area contributed by atoms with E-state index in [2.05, 4.69) is 16.0 Å². The molecule has 0 saturated carbocycles. The van der Waals surface area contributed by atoms with Crippen LogP contribution < -0.4 is 34.0 Å². The lowest BCUT2D eigenvalue weighted by atomic mass is 10.1. The zero-order chi connectivity index (χ0) is 32.1. The lowest BCUT2D eigenvalue weighted by Crippen LogP contribution is -2.34. The summed E-state index contributed by atoms with van der Waals surface area (Å²) >= 11 is 0. The van der Waals surface area contributed by atoms with Gasteiger partial charge in [0.1, 0.15) is 18.1 Å². The van der Waals surface area contributed by atoms with Crippen LogP contribution in [0.4, 0.5) is 0 Å². The van der Waals surface area contributed by atoms with E-state index in [1.807, 2.05) is 44.3 Å². The Morgan fingerprint density at radius 3 is 1.85 bits per heavy atom.